The Morgan fingerprint density at radius 1 is 1.23 bits per heavy atom. The van der Waals surface area contributed by atoms with Crippen molar-refractivity contribution >= 4 is 22.6 Å². The summed E-state index contributed by atoms with van der Waals surface area (Å²) in [6, 6.07) is 13.2. The number of nitrogens with one attached hydrogen (secondary N) is 1. The van der Waals surface area contributed by atoms with E-state index in [1.165, 1.54) is 0 Å². The molecule has 7 heteroatoms. The van der Waals surface area contributed by atoms with Crippen molar-refractivity contribution in [2.45, 2.75) is 40.2 Å². The average molecular weight is 413 g/mol. The highest BCUT2D eigenvalue weighted by Gasteiger charge is 2.20. The van der Waals surface area contributed by atoms with E-state index >= 15 is 0 Å². The van der Waals surface area contributed by atoms with Gasteiger partial charge in [-0.3, -0.25) is 4.79 Å². The molecule has 0 radical (unpaired) electrons. The molecule has 0 atom stereocenters. The van der Waals surface area contributed by atoms with Crippen LogP contribution in [0.5, 0.6) is 0 Å². The maximum absolute atomic E-state index is 13.2. The maximum Gasteiger partial charge on any atom is 0.256 e. The van der Waals surface area contributed by atoms with Crippen molar-refractivity contribution in [3.63, 3.8) is 0 Å². The molecule has 0 aliphatic carbocycles. The van der Waals surface area contributed by atoms with Gasteiger partial charge in [-0.15, -0.1) is 0 Å². The van der Waals surface area contributed by atoms with E-state index < -0.39 is 0 Å². The van der Waals surface area contributed by atoms with Gasteiger partial charge in [0.05, 0.1) is 35.3 Å². The zero-order chi connectivity index (χ0) is 22.1. The topological polar surface area (TPSA) is 96.7 Å². The molecule has 0 fully saturated rings. The first-order valence-electron chi connectivity index (χ1n) is 10.1. The van der Waals surface area contributed by atoms with Crippen LogP contribution in [-0.4, -0.2) is 20.7 Å². The molecule has 4 rings (SSSR count). The van der Waals surface area contributed by atoms with Crippen LogP contribution < -0.4 is 5.32 Å². The summed E-state index contributed by atoms with van der Waals surface area (Å²) in [5.74, 6) is 1.29. The molecule has 0 aliphatic heterocycles. The Balaban J connectivity index is 1.79. The Morgan fingerprint density at radius 2 is 1.97 bits per heavy atom. The lowest BCUT2D eigenvalue weighted by molar-refractivity contribution is 0.102. The van der Waals surface area contributed by atoms with Crippen LogP contribution in [0.2, 0.25) is 0 Å². The van der Waals surface area contributed by atoms with Crippen molar-refractivity contribution in [2.75, 3.05) is 5.32 Å². The number of carbonyl (C=O) groups is 1. The minimum atomic E-state index is -0.247. The van der Waals surface area contributed by atoms with Gasteiger partial charge in [0.25, 0.3) is 5.91 Å². The van der Waals surface area contributed by atoms with Crippen LogP contribution in [0.25, 0.3) is 22.3 Å². The zero-order valence-electron chi connectivity index (χ0n) is 17.9. The second-order valence-corrected chi connectivity index (χ2v) is 7.79. The number of rotatable bonds is 5. The molecule has 156 valence electrons. The number of fused-ring (bicyclic) bond motifs is 1. The van der Waals surface area contributed by atoms with Crippen LogP contribution in [0.15, 0.2) is 47.0 Å². The standard InChI is InChI=1S/C24H23N5O2/c1-14(2)29-23-21(13-26-29)20(12-22(28-23)19-11-15(3)31-16(19)4)24(30)27-18-7-5-17(6-8-18)9-10-25/h5-8,11-14H,9H2,1-4H3,(H,27,30). The summed E-state index contributed by atoms with van der Waals surface area (Å²) in [6.45, 7) is 7.82. The Labute approximate surface area is 180 Å². The van der Waals surface area contributed by atoms with E-state index in [1.807, 2.05) is 50.6 Å². The first-order chi connectivity index (χ1) is 14.9. The van der Waals surface area contributed by atoms with E-state index in [0.29, 0.717) is 34.4 Å². The first-order valence-corrected chi connectivity index (χ1v) is 10.1. The highest BCUT2D eigenvalue weighted by Crippen LogP contribution is 2.30. The lowest BCUT2D eigenvalue weighted by Gasteiger charge is -2.11. The molecule has 3 heterocycles. The second-order valence-electron chi connectivity index (χ2n) is 7.79. The summed E-state index contributed by atoms with van der Waals surface area (Å²) in [7, 11) is 0. The average Bonchev–Trinajstić information content (AvgIpc) is 3.31. The van der Waals surface area contributed by atoms with Gasteiger partial charge in [0.2, 0.25) is 0 Å². The fourth-order valence-corrected chi connectivity index (χ4v) is 3.60. The van der Waals surface area contributed by atoms with Crippen LogP contribution in [-0.2, 0) is 6.42 Å². The van der Waals surface area contributed by atoms with Gasteiger partial charge in [0, 0.05) is 17.3 Å². The normalized spacial score (nSPS) is 11.1. The van der Waals surface area contributed by atoms with Crippen LogP contribution in [0.1, 0.15) is 47.3 Å². The molecular formula is C24H23N5O2. The third-order valence-corrected chi connectivity index (χ3v) is 5.11. The Bertz CT molecular complexity index is 1310. The molecular weight excluding hydrogens is 390 g/mol. The number of carbonyl (C=O) groups excluding carboxylic acids is 1. The number of nitriles is 1. The van der Waals surface area contributed by atoms with Crippen molar-refractivity contribution in [3.05, 3.63) is 65.2 Å². The number of furan rings is 1. The smallest absolute Gasteiger partial charge is 0.256 e. The van der Waals surface area contributed by atoms with Crippen molar-refractivity contribution in [1.82, 2.24) is 14.8 Å². The molecule has 31 heavy (non-hydrogen) atoms. The number of hydrogen-bond donors (Lipinski definition) is 1. The lowest BCUT2D eigenvalue weighted by Crippen LogP contribution is -2.13. The summed E-state index contributed by atoms with van der Waals surface area (Å²) >= 11 is 0. The summed E-state index contributed by atoms with van der Waals surface area (Å²) in [5.41, 5.74) is 4.22. The molecule has 1 N–H and O–H groups in total. The predicted octanol–water partition coefficient (Wildman–Crippen LogP) is 5.21. The number of aryl methyl sites for hydroxylation is 2. The van der Waals surface area contributed by atoms with Gasteiger partial charge in [-0.05, 0) is 57.5 Å². The van der Waals surface area contributed by atoms with E-state index in [0.717, 1.165) is 22.6 Å². The molecule has 0 spiro atoms. The molecule has 1 amide bonds. The van der Waals surface area contributed by atoms with Crippen LogP contribution >= 0.6 is 0 Å². The minimum absolute atomic E-state index is 0.0935. The van der Waals surface area contributed by atoms with Gasteiger partial charge in [-0.2, -0.15) is 10.4 Å². The number of pyridine rings is 1. The molecule has 4 aromatic rings. The summed E-state index contributed by atoms with van der Waals surface area (Å²) in [4.78, 5) is 18.1. The molecule has 7 nitrogen and oxygen atoms in total. The highest BCUT2D eigenvalue weighted by atomic mass is 16.3. The quantitative estimate of drug-likeness (QED) is 0.484. The highest BCUT2D eigenvalue weighted by molar-refractivity contribution is 6.12. The van der Waals surface area contributed by atoms with Crippen molar-refractivity contribution in [3.8, 4) is 17.3 Å². The molecule has 0 saturated carbocycles. The van der Waals surface area contributed by atoms with Crippen molar-refractivity contribution in [1.29, 1.82) is 5.26 Å². The van der Waals surface area contributed by atoms with Gasteiger partial charge < -0.3 is 9.73 Å². The van der Waals surface area contributed by atoms with Gasteiger partial charge in [0.15, 0.2) is 5.65 Å². The largest absolute Gasteiger partial charge is 0.466 e. The summed E-state index contributed by atoms with van der Waals surface area (Å²) in [6.07, 6.45) is 2.02. The molecule has 1 aromatic carbocycles. The first kappa shape index (κ1) is 20.4. The number of aromatic nitrogens is 3. The minimum Gasteiger partial charge on any atom is -0.466 e. The monoisotopic (exact) mass is 413 g/mol. The van der Waals surface area contributed by atoms with Crippen LogP contribution in [0.3, 0.4) is 0 Å². The number of amides is 1. The van der Waals surface area contributed by atoms with Gasteiger partial charge >= 0.3 is 0 Å². The van der Waals surface area contributed by atoms with E-state index in [1.54, 1.807) is 24.4 Å². The third kappa shape index (κ3) is 3.92. The SMILES string of the molecule is Cc1cc(-c2cc(C(=O)Nc3ccc(CC#N)cc3)c3cnn(C(C)C)c3n2)c(C)o1. The number of nitrogens with zero attached hydrogens (tertiary/aromatic N) is 4. The summed E-state index contributed by atoms with van der Waals surface area (Å²) in [5, 5.41) is 16.9. The van der Waals surface area contributed by atoms with Crippen LogP contribution in [0, 0.1) is 25.2 Å². The predicted molar refractivity (Wildman–Crippen MR) is 119 cm³/mol. The fourth-order valence-electron chi connectivity index (χ4n) is 3.60. The maximum atomic E-state index is 13.2. The van der Waals surface area contributed by atoms with Gasteiger partial charge in [-0.25, -0.2) is 9.67 Å². The van der Waals surface area contributed by atoms with E-state index in [4.69, 9.17) is 14.7 Å². The summed E-state index contributed by atoms with van der Waals surface area (Å²) < 4.78 is 7.50. The van der Waals surface area contributed by atoms with Crippen LogP contribution in [0.4, 0.5) is 5.69 Å². The molecule has 0 bridgehead atoms. The Hall–Kier alpha value is -3.92. The number of benzene rings is 1. The van der Waals surface area contributed by atoms with Gasteiger partial charge in [-0.1, -0.05) is 12.1 Å². The van der Waals surface area contributed by atoms with E-state index in [-0.39, 0.29) is 11.9 Å². The van der Waals surface area contributed by atoms with Gasteiger partial charge in [0.1, 0.15) is 11.5 Å². The van der Waals surface area contributed by atoms with Crippen molar-refractivity contribution in [2.24, 2.45) is 0 Å². The second kappa shape index (κ2) is 8.07. The molecule has 0 unspecified atom stereocenters. The number of anilines is 1. The number of hydrogen-bond acceptors (Lipinski definition) is 5. The molecule has 0 aliphatic rings. The Morgan fingerprint density at radius 3 is 2.58 bits per heavy atom. The Kier molecular flexibility index (Phi) is 5.30. The van der Waals surface area contributed by atoms with E-state index in [2.05, 4.69) is 16.5 Å². The van der Waals surface area contributed by atoms with E-state index in [9.17, 15) is 4.79 Å². The molecule has 0 saturated heterocycles. The zero-order valence-corrected chi connectivity index (χ0v) is 17.9. The third-order valence-electron chi connectivity index (χ3n) is 5.11. The molecule has 3 aromatic heterocycles. The fraction of sp³-hybridized carbons (Fsp3) is 0.250. The van der Waals surface area contributed by atoms with Crippen molar-refractivity contribution < 1.29 is 9.21 Å². The lowest BCUT2D eigenvalue weighted by atomic mass is 10.1.